The van der Waals surface area contributed by atoms with Crippen molar-refractivity contribution in [1.82, 2.24) is 15.0 Å². The zero-order valence-electron chi connectivity index (χ0n) is 15.3. The molecule has 1 aromatic carbocycles. The number of aryl methyl sites for hydroxylation is 2. The topological polar surface area (TPSA) is 93.9 Å². The van der Waals surface area contributed by atoms with Crippen molar-refractivity contribution in [2.24, 2.45) is 5.73 Å². The summed E-state index contributed by atoms with van der Waals surface area (Å²) in [5, 5.41) is 2.93. The van der Waals surface area contributed by atoms with E-state index in [0.29, 0.717) is 12.0 Å². The van der Waals surface area contributed by atoms with E-state index in [2.05, 4.69) is 9.97 Å². The maximum absolute atomic E-state index is 11.5. The van der Waals surface area contributed by atoms with E-state index < -0.39 is 5.91 Å². The van der Waals surface area contributed by atoms with Crippen LogP contribution in [0.4, 0.5) is 0 Å². The Bertz CT molecular complexity index is 943. The van der Waals surface area contributed by atoms with Gasteiger partial charge in [0.25, 0.3) is 0 Å². The van der Waals surface area contributed by atoms with Gasteiger partial charge in [0, 0.05) is 28.6 Å². The number of ether oxygens (including phenoxy) is 1. The number of H-pyrrole nitrogens is 1. The molecule has 3 rings (SSSR count). The molecule has 0 aliphatic carbocycles. The number of carbonyl (C=O) groups is 1. The number of nitrogens with zero attached hydrogens (tertiary/aromatic N) is 2. The number of benzene rings is 1. The predicted molar refractivity (Wildman–Crippen MR) is 103 cm³/mol. The SMILES string of the molecule is Cc1nc(-c2csc(Cc3cc(C(N)=O)ccc3OC(C)C)n2)c(C)[nH]1. The van der Waals surface area contributed by atoms with Crippen molar-refractivity contribution >= 4 is 17.2 Å². The van der Waals surface area contributed by atoms with Crippen LogP contribution in [0, 0.1) is 13.8 Å². The van der Waals surface area contributed by atoms with Gasteiger partial charge in [0.15, 0.2) is 0 Å². The Kier molecular flexibility index (Phi) is 5.08. The first-order chi connectivity index (χ1) is 12.3. The van der Waals surface area contributed by atoms with Gasteiger partial charge >= 0.3 is 0 Å². The van der Waals surface area contributed by atoms with Crippen LogP contribution in [0.3, 0.4) is 0 Å². The summed E-state index contributed by atoms with van der Waals surface area (Å²) < 4.78 is 5.87. The number of rotatable bonds is 6. The third-order valence-electron chi connectivity index (χ3n) is 3.85. The molecule has 0 saturated heterocycles. The molecule has 0 atom stereocenters. The number of amides is 1. The largest absolute Gasteiger partial charge is 0.491 e. The summed E-state index contributed by atoms with van der Waals surface area (Å²) in [7, 11) is 0. The van der Waals surface area contributed by atoms with Crippen molar-refractivity contribution in [3.05, 3.63) is 51.2 Å². The Morgan fingerprint density at radius 3 is 2.69 bits per heavy atom. The van der Waals surface area contributed by atoms with E-state index in [1.165, 1.54) is 0 Å². The number of hydrogen-bond donors (Lipinski definition) is 2. The zero-order chi connectivity index (χ0) is 18.8. The summed E-state index contributed by atoms with van der Waals surface area (Å²) in [5.41, 5.74) is 9.50. The number of nitrogens with two attached hydrogens (primary N) is 1. The highest BCUT2D eigenvalue weighted by Gasteiger charge is 2.15. The summed E-state index contributed by atoms with van der Waals surface area (Å²) in [6.07, 6.45) is 0.603. The first-order valence-corrected chi connectivity index (χ1v) is 9.29. The van der Waals surface area contributed by atoms with Crippen molar-refractivity contribution in [3.63, 3.8) is 0 Å². The van der Waals surface area contributed by atoms with E-state index in [1.807, 2.05) is 33.1 Å². The highest BCUT2D eigenvalue weighted by molar-refractivity contribution is 7.10. The minimum atomic E-state index is -0.454. The molecule has 0 fully saturated rings. The lowest BCUT2D eigenvalue weighted by atomic mass is 10.1. The van der Waals surface area contributed by atoms with Crippen molar-refractivity contribution in [2.45, 2.75) is 40.2 Å². The maximum atomic E-state index is 11.5. The number of thiazole rings is 1. The normalized spacial score (nSPS) is 11.1. The second-order valence-electron chi connectivity index (χ2n) is 6.45. The maximum Gasteiger partial charge on any atom is 0.248 e. The first-order valence-electron chi connectivity index (χ1n) is 8.41. The van der Waals surface area contributed by atoms with Crippen molar-refractivity contribution in [2.75, 3.05) is 0 Å². The number of aromatic nitrogens is 3. The van der Waals surface area contributed by atoms with Crippen molar-refractivity contribution < 1.29 is 9.53 Å². The van der Waals surface area contributed by atoms with Crippen LogP contribution in [-0.4, -0.2) is 27.0 Å². The van der Waals surface area contributed by atoms with Gasteiger partial charge in [-0.15, -0.1) is 11.3 Å². The molecule has 0 spiro atoms. The molecular formula is C19H22N4O2S. The zero-order valence-corrected chi connectivity index (χ0v) is 16.1. The second kappa shape index (κ2) is 7.29. The Labute approximate surface area is 156 Å². The lowest BCUT2D eigenvalue weighted by molar-refractivity contribution is 0.1000. The molecule has 2 heterocycles. The van der Waals surface area contributed by atoms with Crippen LogP contribution < -0.4 is 10.5 Å². The average Bonchev–Trinajstić information content (AvgIpc) is 3.14. The second-order valence-corrected chi connectivity index (χ2v) is 7.40. The summed E-state index contributed by atoms with van der Waals surface area (Å²) >= 11 is 1.56. The van der Waals surface area contributed by atoms with Gasteiger partial charge in [0.1, 0.15) is 23.0 Å². The molecule has 0 bridgehead atoms. The van der Waals surface area contributed by atoms with Gasteiger partial charge in [-0.05, 0) is 45.9 Å². The molecule has 3 N–H and O–H groups in total. The van der Waals surface area contributed by atoms with Crippen molar-refractivity contribution in [1.29, 1.82) is 0 Å². The van der Waals surface area contributed by atoms with Crippen LogP contribution in [0.25, 0.3) is 11.4 Å². The summed E-state index contributed by atoms with van der Waals surface area (Å²) in [6, 6.07) is 5.27. The fourth-order valence-electron chi connectivity index (χ4n) is 2.76. The molecule has 0 radical (unpaired) electrons. The van der Waals surface area contributed by atoms with Crippen LogP contribution in [0.5, 0.6) is 5.75 Å². The highest BCUT2D eigenvalue weighted by atomic mass is 32.1. The molecule has 0 aliphatic rings. The fraction of sp³-hybridized carbons (Fsp3) is 0.316. The molecule has 0 aliphatic heterocycles. The Hall–Kier alpha value is -2.67. The summed E-state index contributed by atoms with van der Waals surface area (Å²) in [5.74, 6) is 1.16. The quantitative estimate of drug-likeness (QED) is 0.693. The van der Waals surface area contributed by atoms with Crippen molar-refractivity contribution in [3.8, 4) is 17.1 Å². The number of primary amides is 1. The minimum Gasteiger partial charge on any atom is -0.491 e. The molecule has 1 amide bonds. The number of aromatic amines is 1. The van der Waals surface area contributed by atoms with Crippen LogP contribution >= 0.6 is 11.3 Å². The van der Waals surface area contributed by atoms with E-state index in [4.69, 9.17) is 15.5 Å². The molecule has 136 valence electrons. The molecule has 6 nitrogen and oxygen atoms in total. The number of nitrogens with one attached hydrogen (secondary N) is 1. The first kappa shape index (κ1) is 18.1. The van der Waals surface area contributed by atoms with Gasteiger partial charge in [0.2, 0.25) is 5.91 Å². The predicted octanol–water partition coefficient (Wildman–Crippen LogP) is 3.63. The van der Waals surface area contributed by atoms with E-state index in [-0.39, 0.29) is 6.10 Å². The van der Waals surface area contributed by atoms with E-state index in [9.17, 15) is 4.79 Å². The standard InChI is InChI=1S/C19H22N4O2S/c1-10(2)25-16-6-5-13(19(20)24)7-14(16)8-17-23-15(9-26-17)18-11(3)21-12(4)22-18/h5-7,9-10H,8H2,1-4H3,(H2,20,24)(H,21,22). The van der Waals surface area contributed by atoms with Gasteiger partial charge in [-0.3, -0.25) is 4.79 Å². The molecule has 2 aromatic heterocycles. The van der Waals surface area contributed by atoms with E-state index in [1.54, 1.807) is 29.5 Å². The number of imidazole rings is 1. The summed E-state index contributed by atoms with van der Waals surface area (Å²) in [4.78, 5) is 23.9. The van der Waals surface area contributed by atoms with Crippen LogP contribution in [0.15, 0.2) is 23.6 Å². The van der Waals surface area contributed by atoms with E-state index >= 15 is 0 Å². The molecule has 7 heteroatoms. The molecule has 0 saturated carbocycles. The van der Waals surface area contributed by atoms with Gasteiger partial charge in [-0.1, -0.05) is 0 Å². The Balaban J connectivity index is 1.91. The molecule has 26 heavy (non-hydrogen) atoms. The minimum absolute atomic E-state index is 0.0368. The fourth-order valence-corrected chi connectivity index (χ4v) is 3.56. The lowest BCUT2D eigenvalue weighted by Gasteiger charge is -2.14. The van der Waals surface area contributed by atoms with Gasteiger partial charge in [-0.25, -0.2) is 9.97 Å². The molecular weight excluding hydrogens is 348 g/mol. The van der Waals surface area contributed by atoms with Crippen LogP contribution in [0.1, 0.15) is 46.3 Å². The van der Waals surface area contributed by atoms with Gasteiger partial charge < -0.3 is 15.5 Å². The van der Waals surface area contributed by atoms with Gasteiger partial charge in [0.05, 0.1) is 11.1 Å². The smallest absolute Gasteiger partial charge is 0.248 e. The lowest BCUT2D eigenvalue weighted by Crippen LogP contribution is -2.13. The highest BCUT2D eigenvalue weighted by Crippen LogP contribution is 2.28. The van der Waals surface area contributed by atoms with E-state index in [0.717, 1.165) is 39.2 Å². The van der Waals surface area contributed by atoms with Gasteiger partial charge in [-0.2, -0.15) is 0 Å². The summed E-state index contributed by atoms with van der Waals surface area (Å²) in [6.45, 7) is 7.85. The Morgan fingerprint density at radius 1 is 1.31 bits per heavy atom. The average molecular weight is 370 g/mol. The molecule has 3 aromatic rings. The number of carbonyl (C=O) groups excluding carboxylic acids is 1. The third kappa shape index (κ3) is 3.94. The van der Waals surface area contributed by atoms with Crippen LogP contribution in [-0.2, 0) is 6.42 Å². The monoisotopic (exact) mass is 370 g/mol. The molecule has 0 unspecified atom stereocenters. The van der Waals surface area contributed by atoms with Crippen LogP contribution in [0.2, 0.25) is 0 Å². The Morgan fingerprint density at radius 2 is 2.08 bits per heavy atom. The number of hydrogen-bond acceptors (Lipinski definition) is 5. The third-order valence-corrected chi connectivity index (χ3v) is 4.70.